The number of rotatable bonds is 5. The number of hydrogen-bond acceptors (Lipinski definition) is 3. The van der Waals surface area contributed by atoms with Gasteiger partial charge in [-0.1, -0.05) is 42.5 Å². The summed E-state index contributed by atoms with van der Waals surface area (Å²) in [5, 5.41) is 5.25. The molecule has 0 aliphatic rings. The molecular formula is C18H20N2O3. The molecule has 0 saturated carbocycles. The van der Waals surface area contributed by atoms with Crippen molar-refractivity contribution in [2.45, 2.75) is 19.9 Å². The number of carbonyl (C=O) groups is 2. The van der Waals surface area contributed by atoms with Gasteiger partial charge in [-0.15, -0.1) is 0 Å². The molecule has 0 bridgehead atoms. The normalized spacial score (nSPS) is 11.4. The standard InChI is InChI=1S/C18H20N2O3/c1-3-23-16-12-8-7-11-15(16)20-18(22)17(21)19-13(2)14-9-5-4-6-10-14/h4-13H,3H2,1-2H3,(H,19,21)(H,20,22). The van der Waals surface area contributed by atoms with Gasteiger partial charge >= 0.3 is 11.8 Å². The molecule has 0 aliphatic carbocycles. The van der Waals surface area contributed by atoms with Crippen LogP contribution in [-0.2, 0) is 9.59 Å². The minimum atomic E-state index is -0.722. The Kier molecular flexibility index (Phi) is 5.74. The van der Waals surface area contributed by atoms with E-state index < -0.39 is 11.8 Å². The lowest BCUT2D eigenvalue weighted by atomic mass is 10.1. The highest BCUT2D eigenvalue weighted by atomic mass is 16.5. The zero-order chi connectivity index (χ0) is 16.7. The molecule has 0 aromatic heterocycles. The molecule has 23 heavy (non-hydrogen) atoms. The highest BCUT2D eigenvalue weighted by molar-refractivity contribution is 6.39. The van der Waals surface area contributed by atoms with Crippen molar-refractivity contribution in [2.24, 2.45) is 0 Å². The monoisotopic (exact) mass is 312 g/mol. The summed E-state index contributed by atoms with van der Waals surface area (Å²) in [6, 6.07) is 16.2. The first-order valence-corrected chi connectivity index (χ1v) is 7.50. The highest BCUT2D eigenvalue weighted by Gasteiger charge is 2.18. The van der Waals surface area contributed by atoms with Gasteiger partial charge in [0, 0.05) is 0 Å². The third kappa shape index (κ3) is 4.57. The first-order chi connectivity index (χ1) is 11.1. The third-order valence-electron chi connectivity index (χ3n) is 3.29. The molecule has 1 unspecified atom stereocenters. The van der Waals surface area contributed by atoms with Gasteiger partial charge in [0.2, 0.25) is 0 Å². The van der Waals surface area contributed by atoms with Crippen LogP contribution in [0.4, 0.5) is 5.69 Å². The lowest BCUT2D eigenvalue weighted by Gasteiger charge is -2.15. The molecular weight excluding hydrogens is 292 g/mol. The molecule has 0 heterocycles. The Bertz CT molecular complexity index is 671. The second kappa shape index (κ2) is 7.98. The molecule has 5 heteroatoms. The smallest absolute Gasteiger partial charge is 0.313 e. The van der Waals surface area contributed by atoms with Crippen LogP contribution in [0.3, 0.4) is 0 Å². The number of anilines is 1. The Hall–Kier alpha value is -2.82. The number of carbonyl (C=O) groups excluding carboxylic acids is 2. The Morgan fingerprint density at radius 3 is 2.35 bits per heavy atom. The summed E-state index contributed by atoms with van der Waals surface area (Å²) < 4.78 is 5.42. The van der Waals surface area contributed by atoms with Crippen molar-refractivity contribution in [1.82, 2.24) is 5.32 Å². The maximum absolute atomic E-state index is 12.1. The van der Waals surface area contributed by atoms with Crippen LogP contribution in [0.2, 0.25) is 0 Å². The van der Waals surface area contributed by atoms with Gasteiger partial charge in [0.05, 0.1) is 18.3 Å². The molecule has 2 rings (SSSR count). The Labute approximate surface area is 135 Å². The van der Waals surface area contributed by atoms with Crippen LogP contribution >= 0.6 is 0 Å². The predicted molar refractivity (Wildman–Crippen MR) is 89.2 cm³/mol. The second-order valence-corrected chi connectivity index (χ2v) is 4.99. The van der Waals surface area contributed by atoms with E-state index in [1.807, 2.05) is 44.2 Å². The van der Waals surface area contributed by atoms with Gasteiger partial charge in [0.25, 0.3) is 0 Å². The van der Waals surface area contributed by atoms with E-state index in [1.165, 1.54) is 0 Å². The highest BCUT2D eigenvalue weighted by Crippen LogP contribution is 2.23. The number of hydrogen-bond donors (Lipinski definition) is 2. The Balaban J connectivity index is 1.99. The lowest BCUT2D eigenvalue weighted by Crippen LogP contribution is -2.37. The molecule has 2 N–H and O–H groups in total. The van der Waals surface area contributed by atoms with Crippen molar-refractivity contribution >= 4 is 17.5 Å². The van der Waals surface area contributed by atoms with E-state index in [9.17, 15) is 9.59 Å². The van der Waals surface area contributed by atoms with Crippen LogP contribution in [-0.4, -0.2) is 18.4 Å². The molecule has 0 radical (unpaired) electrons. The molecule has 1 atom stereocenters. The summed E-state index contributed by atoms with van der Waals surface area (Å²) in [7, 11) is 0. The van der Waals surface area contributed by atoms with Crippen molar-refractivity contribution < 1.29 is 14.3 Å². The molecule has 0 spiro atoms. The lowest BCUT2D eigenvalue weighted by molar-refractivity contribution is -0.136. The summed E-state index contributed by atoms with van der Waals surface area (Å²) in [5.74, 6) is -0.875. The third-order valence-corrected chi connectivity index (χ3v) is 3.29. The first-order valence-electron chi connectivity index (χ1n) is 7.50. The largest absolute Gasteiger partial charge is 0.492 e. The van der Waals surface area contributed by atoms with E-state index in [0.29, 0.717) is 18.0 Å². The SMILES string of the molecule is CCOc1ccccc1NC(=O)C(=O)NC(C)c1ccccc1. The fourth-order valence-corrected chi connectivity index (χ4v) is 2.12. The molecule has 0 fully saturated rings. The van der Waals surface area contributed by atoms with Crippen molar-refractivity contribution in [2.75, 3.05) is 11.9 Å². The molecule has 2 amide bonds. The molecule has 0 aliphatic heterocycles. The molecule has 120 valence electrons. The number of benzene rings is 2. The summed E-state index contributed by atoms with van der Waals surface area (Å²) >= 11 is 0. The molecule has 2 aromatic carbocycles. The van der Waals surface area contributed by atoms with E-state index in [-0.39, 0.29) is 6.04 Å². The van der Waals surface area contributed by atoms with Crippen LogP contribution < -0.4 is 15.4 Å². The fraction of sp³-hybridized carbons (Fsp3) is 0.222. The Morgan fingerprint density at radius 2 is 1.65 bits per heavy atom. The summed E-state index contributed by atoms with van der Waals surface area (Å²) in [4.78, 5) is 24.1. The number of nitrogens with one attached hydrogen (secondary N) is 2. The molecule has 0 saturated heterocycles. The molecule has 5 nitrogen and oxygen atoms in total. The van der Waals surface area contributed by atoms with E-state index in [4.69, 9.17) is 4.74 Å². The van der Waals surface area contributed by atoms with Crippen LogP contribution in [0.1, 0.15) is 25.5 Å². The van der Waals surface area contributed by atoms with Gasteiger partial charge in [-0.3, -0.25) is 9.59 Å². The van der Waals surface area contributed by atoms with Crippen molar-refractivity contribution in [3.63, 3.8) is 0 Å². The molecule has 2 aromatic rings. The maximum Gasteiger partial charge on any atom is 0.313 e. The topological polar surface area (TPSA) is 67.4 Å². The van der Waals surface area contributed by atoms with Gasteiger partial charge < -0.3 is 15.4 Å². The predicted octanol–water partition coefficient (Wildman–Crippen LogP) is 2.90. The minimum absolute atomic E-state index is 0.253. The van der Waals surface area contributed by atoms with E-state index in [1.54, 1.807) is 24.3 Å². The fourth-order valence-electron chi connectivity index (χ4n) is 2.12. The maximum atomic E-state index is 12.1. The number of amides is 2. The van der Waals surface area contributed by atoms with Crippen molar-refractivity contribution in [3.05, 3.63) is 60.2 Å². The average Bonchev–Trinajstić information content (AvgIpc) is 2.57. The van der Waals surface area contributed by atoms with Gasteiger partial charge in [-0.05, 0) is 31.5 Å². The average molecular weight is 312 g/mol. The zero-order valence-corrected chi connectivity index (χ0v) is 13.2. The summed E-state index contributed by atoms with van der Waals surface area (Å²) in [5.41, 5.74) is 1.41. The van der Waals surface area contributed by atoms with Gasteiger partial charge in [-0.25, -0.2) is 0 Å². The van der Waals surface area contributed by atoms with E-state index in [2.05, 4.69) is 10.6 Å². The van der Waals surface area contributed by atoms with E-state index >= 15 is 0 Å². The summed E-state index contributed by atoms with van der Waals surface area (Å²) in [6.07, 6.45) is 0. The summed E-state index contributed by atoms with van der Waals surface area (Å²) in [6.45, 7) is 4.16. The van der Waals surface area contributed by atoms with E-state index in [0.717, 1.165) is 5.56 Å². The number of para-hydroxylation sites is 2. The number of ether oxygens (including phenoxy) is 1. The van der Waals surface area contributed by atoms with Crippen LogP contribution in [0.5, 0.6) is 5.75 Å². The van der Waals surface area contributed by atoms with Crippen LogP contribution in [0, 0.1) is 0 Å². The zero-order valence-electron chi connectivity index (χ0n) is 13.2. The second-order valence-electron chi connectivity index (χ2n) is 4.99. The van der Waals surface area contributed by atoms with Crippen molar-refractivity contribution in [1.29, 1.82) is 0 Å². The quantitative estimate of drug-likeness (QED) is 0.834. The van der Waals surface area contributed by atoms with Crippen LogP contribution in [0.15, 0.2) is 54.6 Å². The Morgan fingerprint density at radius 1 is 1.00 bits per heavy atom. The van der Waals surface area contributed by atoms with Crippen LogP contribution in [0.25, 0.3) is 0 Å². The van der Waals surface area contributed by atoms with Gasteiger partial charge in [0.1, 0.15) is 5.75 Å². The van der Waals surface area contributed by atoms with Crippen molar-refractivity contribution in [3.8, 4) is 5.75 Å². The van der Waals surface area contributed by atoms with Gasteiger partial charge in [0.15, 0.2) is 0 Å². The minimum Gasteiger partial charge on any atom is -0.492 e. The first kappa shape index (κ1) is 16.5. The van der Waals surface area contributed by atoms with Gasteiger partial charge in [-0.2, -0.15) is 0 Å².